The average molecular weight is 419 g/mol. The first-order valence-electron chi connectivity index (χ1n) is 8.70. The molecule has 0 saturated heterocycles. The van der Waals surface area contributed by atoms with Crippen LogP contribution in [-0.4, -0.2) is 18.0 Å². The van der Waals surface area contributed by atoms with E-state index in [1.807, 2.05) is 31.2 Å². The number of carbonyl (C=O) groups is 1. The second-order valence-electron chi connectivity index (χ2n) is 6.44. The molecule has 1 atom stereocenters. The van der Waals surface area contributed by atoms with Gasteiger partial charge in [0.25, 0.3) is 0 Å². The molecule has 2 aromatic rings. The van der Waals surface area contributed by atoms with E-state index in [0.717, 1.165) is 23.0 Å². The number of amides is 1. The van der Waals surface area contributed by atoms with Crippen LogP contribution in [0.3, 0.4) is 0 Å². The number of hydrogen-bond donors (Lipinski definition) is 2. The molecule has 1 saturated carbocycles. The van der Waals surface area contributed by atoms with Gasteiger partial charge < -0.3 is 10.6 Å². The largest absolute Gasteiger partial charge is 0.374 e. The molecule has 0 spiro atoms. The van der Waals surface area contributed by atoms with Crippen LogP contribution in [0.4, 0.5) is 5.69 Å². The van der Waals surface area contributed by atoms with Crippen LogP contribution in [0.15, 0.2) is 62.8 Å². The molecule has 5 heteroatoms. The van der Waals surface area contributed by atoms with Crippen molar-refractivity contribution in [1.82, 2.24) is 5.32 Å². The van der Waals surface area contributed by atoms with E-state index in [2.05, 4.69) is 50.8 Å². The Bertz CT molecular complexity index is 697. The van der Waals surface area contributed by atoms with Crippen molar-refractivity contribution in [2.24, 2.45) is 0 Å². The van der Waals surface area contributed by atoms with Gasteiger partial charge in [0.1, 0.15) is 6.04 Å². The fraction of sp³-hybridized carbons (Fsp3) is 0.350. The zero-order valence-corrected chi connectivity index (χ0v) is 16.7. The molecule has 1 aliphatic rings. The molecule has 0 aliphatic heterocycles. The fourth-order valence-corrected chi connectivity index (χ4v) is 4.05. The van der Waals surface area contributed by atoms with Crippen LogP contribution in [0.25, 0.3) is 0 Å². The van der Waals surface area contributed by atoms with E-state index in [1.54, 1.807) is 11.8 Å². The summed E-state index contributed by atoms with van der Waals surface area (Å²) < 4.78 is 1.08. The molecular formula is C20H23BrN2OS. The Morgan fingerprint density at radius 3 is 2.20 bits per heavy atom. The van der Waals surface area contributed by atoms with E-state index >= 15 is 0 Å². The lowest BCUT2D eigenvalue weighted by Crippen LogP contribution is -2.42. The van der Waals surface area contributed by atoms with Gasteiger partial charge in [0.05, 0.1) is 0 Å². The Morgan fingerprint density at radius 1 is 1.04 bits per heavy atom. The van der Waals surface area contributed by atoms with Gasteiger partial charge in [-0.3, -0.25) is 4.79 Å². The lowest BCUT2D eigenvalue weighted by atomic mass is 10.2. The summed E-state index contributed by atoms with van der Waals surface area (Å²) in [4.78, 5) is 14.6. The standard InChI is InChI=1S/C20H23BrN2OS/c1-14(20(24)23-16-4-2-3-5-16)22-17-8-12-19(13-9-17)25-18-10-6-15(21)7-11-18/h6-14,16,22H,2-5H2,1H3,(H,23,24)/t14-/m1/s1. The summed E-state index contributed by atoms with van der Waals surface area (Å²) in [7, 11) is 0. The maximum Gasteiger partial charge on any atom is 0.242 e. The number of carbonyl (C=O) groups excluding carboxylic acids is 1. The van der Waals surface area contributed by atoms with Crippen molar-refractivity contribution in [2.45, 2.75) is 54.5 Å². The first-order valence-corrected chi connectivity index (χ1v) is 10.3. The molecule has 2 N–H and O–H groups in total. The maximum absolute atomic E-state index is 12.3. The SMILES string of the molecule is C[C@@H](Nc1ccc(Sc2ccc(Br)cc2)cc1)C(=O)NC1CCCC1. The number of benzene rings is 2. The smallest absolute Gasteiger partial charge is 0.242 e. The molecular weight excluding hydrogens is 396 g/mol. The molecule has 132 valence electrons. The maximum atomic E-state index is 12.3. The minimum atomic E-state index is -0.231. The Hall–Kier alpha value is -1.46. The van der Waals surface area contributed by atoms with Crippen molar-refractivity contribution >= 4 is 39.3 Å². The highest BCUT2D eigenvalue weighted by molar-refractivity contribution is 9.10. The Balaban J connectivity index is 1.52. The lowest BCUT2D eigenvalue weighted by molar-refractivity contribution is -0.122. The third-order valence-electron chi connectivity index (χ3n) is 4.38. The average Bonchev–Trinajstić information content (AvgIpc) is 3.11. The van der Waals surface area contributed by atoms with Crippen LogP contribution in [0.5, 0.6) is 0 Å². The minimum absolute atomic E-state index is 0.0835. The molecule has 1 fully saturated rings. The lowest BCUT2D eigenvalue weighted by Gasteiger charge is -2.18. The van der Waals surface area contributed by atoms with Gasteiger partial charge in [0.2, 0.25) is 5.91 Å². The van der Waals surface area contributed by atoms with Gasteiger partial charge in [-0.15, -0.1) is 0 Å². The number of halogens is 1. The van der Waals surface area contributed by atoms with E-state index < -0.39 is 0 Å². The molecule has 1 amide bonds. The summed E-state index contributed by atoms with van der Waals surface area (Å²) in [6, 6.07) is 16.6. The number of nitrogens with one attached hydrogen (secondary N) is 2. The number of rotatable bonds is 6. The first-order chi connectivity index (χ1) is 12.1. The van der Waals surface area contributed by atoms with Crippen molar-refractivity contribution in [3.63, 3.8) is 0 Å². The number of anilines is 1. The van der Waals surface area contributed by atoms with Crippen LogP contribution in [0.1, 0.15) is 32.6 Å². The van der Waals surface area contributed by atoms with Gasteiger partial charge in [-0.1, -0.05) is 40.5 Å². The molecule has 2 aromatic carbocycles. The Kier molecular flexibility index (Phi) is 6.43. The highest BCUT2D eigenvalue weighted by Gasteiger charge is 2.20. The van der Waals surface area contributed by atoms with Crippen molar-refractivity contribution in [3.8, 4) is 0 Å². The highest BCUT2D eigenvalue weighted by atomic mass is 79.9. The summed E-state index contributed by atoms with van der Waals surface area (Å²) in [6.07, 6.45) is 4.68. The van der Waals surface area contributed by atoms with E-state index in [-0.39, 0.29) is 11.9 Å². The second kappa shape index (κ2) is 8.77. The van der Waals surface area contributed by atoms with Crippen LogP contribution in [0, 0.1) is 0 Å². The van der Waals surface area contributed by atoms with Gasteiger partial charge in [0.15, 0.2) is 0 Å². The van der Waals surface area contributed by atoms with Crippen molar-refractivity contribution in [1.29, 1.82) is 0 Å². The quantitative estimate of drug-likeness (QED) is 0.653. The second-order valence-corrected chi connectivity index (χ2v) is 8.50. The summed E-state index contributed by atoms with van der Waals surface area (Å²) >= 11 is 5.18. The van der Waals surface area contributed by atoms with Crippen molar-refractivity contribution in [3.05, 3.63) is 53.0 Å². The third kappa shape index (κ3) is 5.51. The Labute approximate surface area is 162 Å². The summed E-state index contributed by atoms with van der Waals surface area (Å²) in [5, 5.41) is 6.42. The van der Waals surface area contributed by atoms with Gasteiger partial charge in [-0.2, -0.15) is 0 Å². The molecule has 3 rings (SSSR count). The zero-order valence-electron chi connectivity index (χ0n) is 14.3. The predicted molar refractivity (Wildman–Crippen MR) is 108 cm³/mol. The molecule has 25 heavy (non-hydrogen) atoms. The monoisotopic (exact) mass is 418 g/mol. The van der Waals surface area contributed by atoms with Crippen LogP contribution in [0.2, 0.25) is 0 Å². The van der Waals surface area contributed by atoms with Crippen LogP contribution in [-0.2, 0) is 4.79 Å². The molecule has 0 bridgehead atoms. The number of hydrogen-bond acceptors (Lipinski definition) is 3. The molecule has 0 heterocycles. The summed E-state index contributed by atoms with van der Waals surface area (Å²) in [6.45, 7) is 1.91. The fourth-order valence-electron chi connectivity index (χ4n) is 2.97. The highest BCUT2D eigenvalue weighted by Crippen LogP contribution is 2.29. The summed E-state index contributed by atoms with van der Waals surface area (Å²) in [5.74, 6) is 0.0835. The summed E-state index contributed by atoms with van der Waals surface area (Å²) in [5.41, 5.74) is 0.967. The van der Waals surface area contributed by atoms with Crippen LogP contribution >= 0.6 is 27.7 Å². The van der Waals surface area contributed by atoms with E-state index in [1.165, 1.54) is 22.6 Å². The topological polar surface area (TPSA) is 41.1 Å². The van der Waals surface area contributed by atoms with Gasteiger partial charge >= 0.3 is 0 Å². The van der Waals surface area contributed by atoms with E-state index in [0.29, 0.717) is 6.04 Å². The van der Waals surface area contributed by atoms with Crippen molar-refractivity contribution in [2.75, 3.05) is 5.32 Å². The molecule has 0 unspecified atom stereocenters. The van der Waals surface area contributed by atoms with Gasteiger partial charge in [-0.25, -0.2) is 0 Å². The molecule has 3 nitrogen and oxygen atoms in total. The van der Waals surface area contributed by atoms with E-state index in [9.17, 15) is 4.79 Å². The Morgan fingerprint density at radius 2 is 1.60 bits per heavy atom. The van der Waals surface area contributed by atoms with Crippen LogP contribution < -0.4 is 10.6 Å². The molecule has 0 radical (unpaired) electrons. The normalized spacial score (nSPS) is 15.8. The van der Waals surface area contributed by atoms with Gasteiger partial charge in [-0.05, 0) is 68.3 Å². The predicted octanol–water partition coefficient (Wildman–Crippen LogP) is 5.46. The van der Waals surface area contributed by atoms with Crippen molar-refractivity contribution < 1.29 is 4.79 Å². The minimum Gasteiger partial charge on any atom is -0.374 e. The van der Waals surface area contributed by atoms with E-state index in [4.69, 9.17) is 0 Å². The first kappa shape index (κ1) is 18.3. The molecule has 1 aliphatic carbocycles. The molecule has 0 aromatic heterocycles. The third-order valence-corrected chi connectivity index (χ3v) is 5.93. The zero-order chi connectivity index (χ0) is 17.6. The van der Waals surface area contributed by atoms with Gasteiger partial charge in [0, 0.05) is 26.0 Å².